The van der Waals surface area contributed by atoms with E-state index in [4.69, 9.17) is 4.74 Å². The second-order valence-corrected chi connectivity index (χ2v) is 7.70. The van der Waals surface area contributed by atoms with Gasteiger partial charge in [0.1, 0.15) is 29.7 Å². The molecule has 0 bridgehead atoms. The molecular weight excluding hydrogens is 382 g/mol. The predicted octanol–water partition coefficient (Wildman–Crippen LogP) is 1.23. The number of benzene rings is 2. The minimum Gasteiger partial charge on any atom is -0.427 e. The molecule has 3 aliphatic rings. The van der Waals surface area contributed by atoms with Crippen LogP contribution in [0.1, 0.15) is 24.1 Å². The van der Waals surface area contributed by atoms with Gasteiger partial charge < -0.3 is 4.74 Å². The lowest BCUT2D eigenvalue weighted by Crippen LogP contribution is -3.10. The molecule has 0 saturated carbocycles. The Balaban J connectivity index is 1.54. The third kappa shape index (κ3) is 2.51. The lowest BCUT2D eigenvalue weighted by Gasteiger charge is -2.28. The Labute approximate surface area is 172 Å². The van der Waals surface area contributed by atoms with Gasteiger partial charge in [-0.1, -0.05) is 24.3 Å². The maximum atomic E-state index is 13.5. The van der Waals surface area contributed by atoms with Gasteiger partial charge in [-0.3, -0.25) is 19.3 Å². The van der Waals surface area contributed by atoms with Gasteiger partial charge in [0.15, 0.2) is 6.04 Å². The third-order valence-corrected chi connectivity index (χ3v) is 6.12. The van der Waals surface area contributed by atoms with Crippen molar-refractivity contribution in [2.24, 2.45) is 11.8 Å². The van der Waals surface area contributed by atoms with Crippen molar-refractivity contribution in [2.45, 2.75) is 19.0 Å². The van der Waals surface area contributed by atoms with Crippen molar-refractivity contribution in [2.75, 3.05) is 4.90 Å². The van der Waals surface area contributed by atoms with Crippen molar-refractivity contribution in [1.82, 2.24) is 0 Å². The number of imide groups is 1. The summed E-state index contributed by atoms with van der Waals surface area (Å²) in [5.41, 5.74) is 2.40. The van der Waals surface area contributed by atoms with Gasteiger partial charge in [-0.05, 0) is 35.9 Å². The number of esters is 1. The molecule has 0 aromatic heterocycles. The molecule has 1 N–H and O–H groups in total. The second kappa shape index (κ2) is 6.65. The van der Waals surface area contributed by atoms with Gasteiger partial charge in [0, 0.05) is 12.5 Å². The molecular formula is C23H18N3O4+. The summed E-state index contributed by atoms with van der Waals surface area (Å²) in [6, 6.07) is 15.4. The molecule has 0 radical (unpaired) electrons. The van der Waals surface area contributed by atoms with Gasteiger partial charge in [0.2, 0.25) is 11.8 Å². The fraction of sp³-hybridized carbons (Fsp3) is 0.217. The van der Waals surface area contributed by atoms with E-state index in [1.165, 1.54) is 11.8 Å². The zero-order valence-electron chi connectivity index (χ0n) is 16.1. The molecule has 148 valence electrons. The average Bonchev–Trinajstić information content (AvgIpc) is 3.21. The molecule has 7 heteroatoms. The Morgan fingerprint density at radius 1 is 1.07 bits per heavy atom. The first-order valence-electron chi connectivity index (χ1n) is 9.71. The minimum atomic E-state index is -0.702. The highest BCUT2D eigenvalue weighted by Gasteiger charge is 2.66. The van der Waals surface area contributed by atoms with Gasteiger partial charge >= 0.3 is 5.97 Å². The third-order valence-electron chi connectivity index (χ3n) is 6.12. The van der Waals surface area contributed by atoms with E-state index in [9.17, 15) is 19.6 Å². The Hall–Kier alpha value is -3.76. The van der Waals surface area contributed by atoms with Crippen LogP contribution in [0.15, 0.2) is 54.7 Å². The molecule has 30 heavy (non-hydrogen) atoms. The molecule has 3 aliphatic heterocycles. The van der Waals surface area contributed by atoms with Crippen LogP contribution >= 0.6 is 0 Å². The summed E-state index contributed by atoms with van der Waals surface area (Å²) < 4.78 is 5.02. The highest BCUT2D eigenvalue weighted by atomic mass is 16.5. The molecule has 2 fully saturated rings. The quantitative estimate of drug-likeness (QED) is 0.465. The van der Waals surface area contributed by atoms with Crippen LogP contribution in [0.4, 0.5) is 5.69 Å². The summed E-state index contributed by atoms with van der Waals surface area (Å²) in [6.45, 7) is 1.30. The van der Waals surface area contributed by atoms with Gasteiger partial charge in [0.05, 0.1) is 11.9 Å². The summed E-state index contributed by atoms with van der Waals surface area (Å²) in [5, 5.41) is 9.85. The van der Waals surface area contributed by atoms with Crippen LogP contribution in [0.25, 0.3) is 6.08 Å². The number of hydrogen-bond donors (Lipinski definition) is 1. The van der Waals surface area contributed by atoms with Crippen molar-refractivity contribution in [3.8, 4) is 11.8 Å². The number of nitriles is 1. The van der Waals surface area contributed by atoms with E-state index < -0.39 is 23.8 Å². The lowest BCUT2D eigenvalue weighted by molar-refractivity contribution is -0.885. The normalized spacial score (nSPS) is 28.5. The molecule has 2 saturated heterocycles. The molecule has 5 atom stereocenters. The fourth-order valence-corrected chi connectivity index (χ4v) is 4.97. The van der Waals surface area contributed by atoms with E-state index in [1.54, 1.807) is 24.3 Å². The minimum absolute atomic E-state index is 0.275. The van der Waals surface area contributed by atoms with Crippen molar-refractivity contribution < 1.29 is 24.0 Å². The zero-order chi connectivity index (χ0) is 21.0. The molecule has 5 rings (SSSR count). The number of carbonyl (C=O) groups excluding carboxylic acids is 3. The molecule has 2 amide bonds. The number of quaternary nitrogens is 1. The van der Waals surface area contributed by atoms with Crippen molar-refractivity contribution in [3.05, 3.63) is 65.9 Å². The van der Waals surface area contributed by atoms with Crippen molar-refractivity contribution in [1.29, 1.82) is 5.26 Å². The average molecular weight is 400 g/mol. The van der Waals surface area contributed by atoms with Crippen LogP contribution in [0, 0.1) is 23.2 Å². The highest BCUT2D eigenvalue weighted by Crippen LogP contribution is 2.44. The molecule has 0 aliphatic carbocycles. The monoisotopic (exact) mass is 400 g/mol. The van der Waals surface area contributed by atoms with Crippen LogP contribution in [0.5, 0.6) is 5.75 Å². The first kappa shape index (κ1) is 18.3. The number of nitrogens with zero attached hydrogens (tertiary/aromatic N) is 2. The fourth-order valence-electron chi connectivity index (χ4n) is 4.97. The van der Waals surface area contributed by atoms with E-state index in [1.807, 2.05) is 36.5 Å². The number of fused-ring (bicyclic) bond motifs is 5. The Morgan fingerprint density at radius 2 is 1.77 bits per heavy atom. The molecule has 7 nitrogen and oxygen atoms in total. The number of carbonyl (C=O) groups is 3. The van der Waals surface area contributed by atoms with Gasteiger partial charge in [0.25, 0.3) is 0 Å². The summed E-state index contributed by atoms with van der Waals surface area (Å²) >= 11 is 0. The topological polar surface area (TPSA) is 91.9 Å². The summed E-state index contributed by atoms with van der Waals surface area (Å²) in [4.78, 5) is 39.9. The maximum Gasteiger partial charge on any atom is 0.308 e. The molecule has 2 aromatic carbocycles. The molecule has 2 aromatic rings. The number of anilines is 1. The summed E-state index contributed by atoms with van der Waals surface area (Å²) in [6.07, 6.45) is 3.85. The molecule has 0 spiro atoms. The summed E-state index contributed by atoms with van der Waals surface area (Å²) in [7, 11) is 0. The Bertz CT molecular complexity index is 1150. The highest BCUT2D eigenvalue weighted by molar-refractivity contribution is 6.22. The van der Waals surface area contributed by atoms with E-state index in [-0.39, 0.29) is 17.9 Å². The maximum absolute atomic E-state index is 13.5. The van der Waals surface area contributed by atoms with E-state index in [2.05, 4.69) is 6.07 Å². The SMILES string of the molecule is CC(=O)Oc1ccc(N2C(=O)[C@@H]3[C@H](C2=O)[C@H]2c4ccccc4C=C[NH+]2[C@@H]3C#N)cc1. The van der Waals surface area contributed by atoms with Crippen LogP contribution in [0.3, 0.4) is 0 Å². The van der Waals surface area contributed by atoms with Crippen molar-refractivity contribution in [3.63, 3.8) is 0 Å². The van der Waals surface area contributed by atoms with E-state index in [0.717, 1.165) is 16.0 Å². The van der Waals surface area contributed by atoms with E-state index in [0.29, 0.717) is 11.4 Å². The van der Waals surface area contributed by atoms with Crippen LogP contribution in [-0.4, -0.2) is 23.8 Å². The number of ether oxygens (including phenoxy) is 1. The Morgan fingerprint density at radius 3 is 2.47 bits per heavy atom. The zero-order valence-corrected chi connectivity index (χ0v) is 16.1. The van der Waals surface area contributed by atoms with Crippen LogP contribution in [0.2, 0.25) is 0 Å². The predicted molar refractivity (Wildman–Crippen MR) is 106 cm³/mol. The number of rotatable bonds is 2. The van der Waals surface area contributed by atoms with Crippen LogP contribution in [-0.2, 0) is 14.4 Å². The van der Waals surface area contributed by atoms with Gasteiger partial charge in [-0.15, -0.1) is 0 Å². The van der Waals surface area contributed by atoms with Crippen molar-refractivity contribution >= 4 is 29.5 Å². The smallest absolute Gasteiger partial charge is 0.308 e. The number of nitrogens with one attached hydrogen (secondary N) is 1. The second-order valence-electron chi connectivity index (χ2n) is 7.70. The van der Waals surface area contributed by atoms with E-state index >= 15 is 0 Å². The number of amides is 2. The number of hydrogen-bond acceptors (Lipinski definition) is 5. The first-order chi connectivity index (χ1) is 14.5. The largest absolute Gasteiger partial charge is 0.427 e. The lowest BCUT2D eigenvalue weighted by atomic mass is 9.85. The van der Waals surface area contributed by atoms with Gasteiger partial charge in [-0.2, -0.15) is 5.26 Å². The Kier molecular flexibility index (Phi) is 4.05. The van der Waals surface area contributed by atoms with Gasteiger partial charge in [-0.25, -0.2) is 4.90 Å². The summed E-state index contributed by atoms with van der Waals surface area (Å²) in [5.74, 6) is -2.07. The molecule has 3 heterocycles. The first-order valence-corrected chi connectivity index (χ1v) is 9.71. The standard InChI is InChI=1S/C23H17N3O4/c1-13(27)30-16-8-6-15(7-9-16)26-22(28)19-18(12-24)25-11-10-14-4-2-3-5-17(14)21(25)20(19)23(26)29/h2-11,18-21H,1H3/p+1/t18-,19+,20+,21-/m1/s1. The van der Waals surface area contributed by atoms with Crippen LogP contribution < -0.4 is 14.5 Å². The molecule has 1 unspecified atom stereocenters.